The van der Waals surface area contributed by atoms with E-state index < -0.39 is 5.91 Å². The van der Waals surface area contributed by atoms with E-state index in [1.54, 1.807) is 30.5 Å². The first-order chi connectivity index (χ1) is 10.6. The van der Waals surface area contributed by atoms with Crippen LogP contribution < -0.4 is 11.0 Å². The highest BCUT2D eigenvalue weighted by molar-refractivity contribution is 9.10. The summed E-state index contributed by atoms with van der Waals surface area (Å²) in [7, 11) is 0. The summed E-state index contributed by atoms with van der Waals surface area (Å²) in [6.07, 6.45) is 1.54. The summed E-state index contributed by atoms with van der Waals surface area (Å²) in [5, 5.41) is 12.8. The number of thiophene rings is 1. The molecule has 0 spiro atoms. The SMILES string of the molecule is O=C(N/N=C\c1cc(Br)cs1)c1n[nH]c(=O)c2ccccc12. The minimum Gasteiger partial charge on any atom is -0.267 e. The van der Waals surface area contributed by atoms with Crippen molar-refractivity contribution in [2.75, 3.05) is 0 Å². The van der Waals surface area contributed by atoms with Gasteiger partial charge >= 0.3 is 0 Å². The molecule has 0 aliphatic carbocycles. The number of aromatic nitrogens is 2. The number of aromatic amines is 1. The van der Waals surface area contributed by atoms with Crippen LogP contribution in [-0.4, -0.2) is 22.3 Å². The van der Waals surface area contributed by atoms with E-state index in [4.69, 9.17) is 0 Å². The largest absolute Gasteiger partial charge is 0.292 e. The van der Waals surface area contributed by atoms with Gasteiger partial charge in [-0.25, -0.2) is 10.5 Å². The molecule has 3 rings (SSSR count). The summed E-state index contributed by atoms with van der Waals surface area (Å²) in [6.45, 7) is 0. The van der Waals surface area contributed by atoms with Crippen LogP contribution in [0.5, 0.6) is 0 Å². The van der Waals surface area contributed by atoms with E-state index in [1.165, 1.54) is 11.3 Å². The van der Waals surface area contributed by atoms with Gasteiger partial charge in [0.1, 0.15) is 0 Å². The molecule has 110 valence electrons. The Labute approximate surface area is 137 Å². The Hall–Kier alpha value is -2.32. The van der Waals surface area contributed by atoms with Crippen molar-refractivity contribution in [3.8, 4) is 0 Å². The summed E-state index contributed by atoms with van der Waals surface area (Å²) < 4.78 is 0.957. The standard InChI is InChI=1S/C14H9BrN4O2S/c15-8-5-9(22-7-8)6-16-18-14(21)12-10-3-1-2-4-11(10)13(20)19-17-12/h1-7H,(H,18,21)(H,19,20)/b16-6-. The van der Waals surface area contributed by atoms with Crippen molar-refractivity contribution in [3.63, 3.8) is 0 Å². The minimum absolute atomic E-state index is 0.125. The Balaban J connectivity index is 1.85. The third-order valence-corrected chi connectivity index (χ3v) is 4.48. The van der Waals surface area contributed by atoms with Gasteiger partial charge in [0.15, 0.2) is 5.69 Å². The van der Waals surface area contributed by atoms with Gasteiger partial charge in [0.2, 0.25) is 0 Å². The number of nitrogens with one attached hydrogen (secondary N) is 2. The monoisotopic (exact) mass is 376 g/mol. The number of hydrogen-bond acceptors (Lipinski definition) is 5. The molecule has 1 amide bonds. The lowest BCUT2D eigenvalue weighted by Gasteiger charge is -2.02. The number of halogens is 1. The molecule has 2 heterocycles. The number of carbonyl (C=O) groups is 1. The van der Waals surface area contributed by atoms with Crippen LogP contribution in [0.1, 0.15) is 15.4 Å². The van der Waals surface area contributed by atoms with E-state index >= 15 is 0 Å². The Bertz CT molecular complexity index is 932. The average molecular weight is 377 g/mol. The van der Waals surface area contributed by atoms with Gasteiger partial charge in [0, 0.05) is 20.1 Å². The molecular weight excluding hydrogens is 368 g/mol. The zero-order chi connectivity index (χ0) is 15.5. The van der Waals surface area contributed by atoms with E-state index in [1.807, 2.05) is 11.4 Å². The molecule has 8 heteroatoms. The Morgan fingerprint density at radius 3 is 2.86 bits per heavy atom. The highest BCUT2D eigenvalue weighted by atomic mass is 79.9. The van der Waals surface area contributed by atoms with Gasteiger partial charge < -0.3 is 0 Å². The first kappa shape index (κ1) is 14.6. The maximum Gasteiger partial charge on any atom is 0.292 e. The zero-order valence-electron chi connectivity index (χ0n) is 11.0. The van der Waals surface area contributed by atoms with Gasteiger partial charge in [0.05, 0.1) is 11.6 Å². The first-order valence-corrected chi connectivity index (χ1v) is 7.87. The number of nitrogens with zero attached hydrogens (tertiary/aromatic N) is 2. The molecule has 2 aromatic heterocycles. The van der Waals surface area contributed by atoms with Crippen LogP contribution in [0.25, 0.3) is 10.8 Å². The van der Waals surface area contributed by atoms with Crippen molar-refractivity contribution >= 4 is 50.2 Å². The Kier molecular flexibility index (Phi) is 4.12. The second-order valence-corrected chi connectivity index (χ2v) is 6.17. The molecule has 0 saturated heterocycles. The highest BCUT2D eigenvalue weighted by Crippen LogP contribution is 2.17. The summed E-state index contributed by atoms with van der Waals surface area (Å²) in [5.41, 5.74) is 2.20. The number of rotatable bonds is 3. The molecule has 0 atom stereocenters. The fraction of sp³-hybridized carbons (Fsp3) is 0. The maximum atomic E-state index is 12.2. The summed E-state index contributed by atoms with van der Waals surface area (Å²) in [5.74, 6) is -0.487. The van der Waals surface area contributed by atoms with Crippen LogP contribution >= 0.6 is 27.3 Å². The van der Waals surface area contributed by atoms with Crippen LogP contribution in [0.4, 0.5) is 0 Å². The lowest BCUT2D eigenvalue weighted by Crippen LogP contribution is -2.22. The van der Waals surface area contributed by atoms with Gasteiger partial charge in [-0.3, -0.25) is 9.59 Å². The van der Waals surface area contributed by atoms with E-state index in [0.717, 1.165) is 9.35 Å². The van der Waals surface area contributed by atoms with E-state index in [-0.39, 0.29) is 11.3 Å². The van der Waals surface area contributed by atoms with Gasteiger partial charge in [-0.1, -0.05) is 18.2 Å². The predicted molar refractivity (Wildman–Crippen MR) is 89.4 cm³/mol. The first-order valence-electron chi connectivity index (χ1n) is 6.20. The van der Waals surface area contributed by atoms with Gasteiger partial charge in [-0.15, -0.1) is 11.3 Å². The predicted octanol–water partition coefficient (Wildman–Crippen LogP) is 2.51. The van der Waals surface area contributed by atoms with Crippen molar-refractivity contribution in [1.82, 2.24) is 15.6 Å². The molecule has 0 unspecified atom stereocenters. The topological polar surface area (TPSA) is 87.2 Å². The third-order valence-electron chi connectivity index (χ3n) is 2.86. The normalized spacial score (nSPS) is 11.1. The summed E-state index contributed by atoms with van der Waals surface area (Å²) in [6, 6.07) is 8.67. The van der Waals surface area contributed by atoms with E-state index in [0.29, 0.717) is 10.8 Å². The van der Waals surface area contributed by atoms with Crippen molar-refractivity contribution in [3.05, 3.63) is 61.1 Å². The zero-order valence-corrected chi connectivity index (χ0v) is 13.4. The lowest BCUT2D eigenvalue weighted by molar-refractivity contribution is 0.0951. The summed E-state index contributed by atoms with van der Waals surface area (Å²) in [4.78, 5) is 24.7. The van der Waals surface area contributed by atoms with E-state index in [9.17, 15) is 9.59 Å². The number of hydrazone groups is 1. The number of amides is 1. The smallest absolute Gasteiger partial charge is 0.267 e. The average Bonchev–Trinajstić information content (AvgIpc) is 2.93. The minimum atomic E-state index is -0.487. The number of hydrogen-bond donors (Lipinski definition) is 2. The molecule has 2 N–H and O–H groups in total. The summed E-state index contributed by atoms with van der Waals surface area (Å²) >= 11 is 4.83. The number of fused-ring (bicyclic) bond motifs is 1. The van der Waals surface area contributed by atoms with Crippen LogP contribution in [0.15, 0.2) is 50.1 Å². The van der Waals surface area contributed by atoms with Crippen LogP contribution in [0.2, 0.25) is 0 Å². The second kappa shape index (κ2) is 6.20. The number of carbonyl (C=O) groups excluding carboxylic acids is 1. The second-order valence-electron chi connectivity index (χ2n) is 4.31. The van der Waals surface area contributed by atoms with Crippen molar-refractivity contribution in [2.24, 2.45) is 5.10 Å². The quantitative estimate of drug-likeness (QED) is 0.543. The molecule has 0 aliphatic rings. The molecule has 0 aliphatic heterocycles. The fourth-order valence-corrected chi connectivity index (χ4v) is 3.20. The van der Waals surface area contributed by atoms with Crippen LogP contribution in [0, 0.1) is 0 Å². The fourth-order valence-electron chi connectivity index (χ4n) is 1.89. The Morgan fingerprint density at radius 2 is 2.14 bits per heavy atom. The molecule has 22 heavy (non-hydrogen) atoms. The van der Waals surface area contributed by atoms with Crippen molar-refractivity contribution in [2.45, 2.75) is 0 Å². The van der Waals surface area contributed by atoms with Gasteiger partial charge in [-0.05, 0) is 28.1 Å². The molecule has 1 aromatic carbocycles. The van der Waals surface area contributed by atoms with Crippen molar-refractivity contribution < 1.29 is 4.79 Å². The number of H-pyrrole nitrogens is 1. The molecule has 0 bridgehead atoms. The van der Waals surface area contributed by atoms with Gasteiger partial charge in [-0.2, -0.15) is 10.2 Å². The van der Waals surface area contributed by atoms with Gasteiger partial charge in [0.25, 0.3) is 11.5 Å². The molecular formula is C14H9BrN4O2S. The third kappa shape index (κ3) is 2.97. The molecule has 0 radical (unpaired) electrons. The highest BCUT2D eigenvalue weighted by Gasteiger charge is 2.13. The molecule has 0 fully saturated rings. The van der Waals surface area contributed by atoms with E-state index in [2.05, 4.69) is 36.7 Å². The molecule has 6 nitrogen and oxygen atoms in total. The lowest BCUT2D eigenvalue weighted by atomic mass is 10.1. The van der Waals surface area contributed by atoms with Crippen molar-refractivity contribution in [1.29, 1.82) is 0 Å². The molecule has 0 saturated carbocycles. The molecule has 3 aromatic rings. The maximum absolute atomic E-state index is 12.2. The number of benzene rings is 1. The van der Waals surface area contributed by atoms with Crippen LogP contribution in [-0.2, 0) is 0 Å². The van der Waals surface area contributed by atoms with Crippen LogP contribution in [0.3, 0.4) is 0 Å². The Morgan fingerprint density at radius 1 is 1.36 bits per heavy atom.